The van der Waals surface area contributed by atoms with Crippen molar-refractivity contribution in [2.24, 2.45) is 0 Å². The lowest BCUT2D eigenvalue weighted by molar-refractivity contribution is -0.117. The molecule has 0 saturated carbocycles. The van der Waals surface area contributed by atoms with E-state index in [0.717, 1.165) is 96.3 Å². The van der Waals surface area contributed by atoms with Crippen molar-refractivity contribution >= 4 is 11.6 Å². The van der Waals surface area contributed by atoms with Gasteiger partial charge in [0.05, 0.1) is 7.11 Å². The van der Waals surface area contributed by atoms with Crippen LogP contribution in [-0.2, 0) is 14.3 Å². The van der Waals surface area contributed by atoms with E-state index in [0.29, 0.717) is 12.0 Å². The maximum Gasteiger partial charge on any atom is 0.224 e. The van der Waals surface area contributed by atoms with Gasteiger partial charge in [0.2, 0.25) is 5.78 Å². The molecule has 0 fully saturated rings. The van der Waals surface area contributed by atoms with Crippen LogP contribution in [0, 0.1) is 0 Å². The fraction of sp³-hybridized carbons (Fsp3) is 0.544. The summed E-state index contributed by atoms with van der Waals surface area (Å²) in [6, 6.07) is 0. The van der Waals surface area contributed by atoms with Crippen LogP contribution in [0.2, 0.25) is 0 Å². The Labute approximate surface area is 369 Å². The molecule has 0 aromatic carbocycles. The molecule has 0 unspecified atom stereocenters. The van der Waals surface area contributed by atoms with Crippen LogP contribution in [-0.4, -0.2) is 18.7 Å². The number of carbonyl (C=O) groups is 2. The Morgan fingerprint density at radius 3 is 0.883 bits per heavy atom. The van der Waals surface area contributed by atoms with Crippen LogP contribution in [0.15, 0.2) is 140 Å². The van der Waals surface area contributed by atoms with Crippen molar-refractivity contribution in [3.8, 4) is 0 Å². The van der Waals surface area contributed by atoms with Gasteiger partial charge in [-0.1, -0.05) is 116 Å². The number of Topliss-reactive ketones (excluding diaryl/α,β-unsaturated/α-hetero) is 1. The number of allylic oxidation sites excluding steroid dienone is 23. The molecule has 0 aromatic rings. The molecule has 3 heteroatoms. The molecular weight excluding hydrogens is 733 g/mol. The Kier molecular flexibility index (Phi) is 29.5. The minimum Gasteiger partial charge on any atom is -0.493 e. The van der Waals surface area contributed by atoms with Crippen molar-refractivity contribution < 1.29 is 14.3 Å². The first-order valence-electron chi connectivity index (χ1n) is 23.2. The summed E-state index contributed by atoms with van der Waals surface area (Å²) in [6.07, 6.45) is 47.1. The molecule has 0 heterocycles. The van der Waals surface area contributed by atoms with Gasteiger partial charge < -0.3 is 4.74 Å². The van der Waals surface area contributed by atoms with Gasteiger partial charge in [0, 0.05) is 11.6 Å². The highest BCUT2D eigenvalue weighted by Gasteiger charge is 2.21. The largest absolute Gasteiger partial charge is 0.493 e. The predicted octanol–water partition coefficient (Wildman–Crippen LogP) is 17.5. The number of ether oxygens (including phenoxy) is 1. The molecule has 0 bridgehead atoms. The average molecular weight is 819 g/mol. The van der Waals surface area contributed by atoms with Crippen molar-refractivity contribution in [1.29, 1.82) is 0 Å². The maximum absolute atomic E-state index is 12.4. The first-order valence-corrected chi connectivity index (χ1v) is 23.2. The number of hydrogen-bond donors (Lipinski definition) is 0. The third kappa shape index (κ3) is 28.5. The van der Waals surface area contributed by atoms with E-state index in [1.807, 2.05) is 0 Å². The Bertz CT molecular complexity index is 1730. The van der Waals surface area contributed by atoms with Gasteiger partial charge in [-0.3, -0.25) is 9.59 Å². The van der Waals surface area contributed by atoms with E-state index in [1.54, 1.807) is 0 Å². The summed E-state index contributed by atoms with van der Waals surface area (Å²) in [5.41, 5.74) is 15.1. The monoisotopic (exact) mass is 819 g/mol. The first-order chi connectivity index (χ1) is 28.6. The molecule has 332 valence electrons. The molecule has 3 nitrogen and oxygen atoms in total. The number of ketones is 2. The van der Waals surface area contributed by atoms with Gasteiger partial charge in [0.1, 0.15) is 0 Å². The summed E-state index contributed by atoms with van der Waals surface area (Å²) >= 11 is 0. The molecule has 0 atom stereocenters. The van der Waals surface area contributed by atoms with Crippen LogP contribution >= 0.6 is 0 Å². The lowest BCUT2D eigenvalue weighted by Gasteiger charge is -2.11. The minimum atomic E-state index is -0.195. The summed E-state index contributed by atoms with van der Waals surface area (Å²) in [5.74, 6) is -0.256. The van der Waals surface area contributed by atoms with Crippen molar-refractivity contribution in [3.05, 3.63) is 140 Å². The molecular formula is C57H86O3. The second kappa shape index (κ2) is 32.7. The molecule has 0 aromatic heterocycles. The predicted molar refractivity (Wildman–Crippen MR) is 264 cm³/mol. The molecule has 1 aliphatic carbocycles. The number of rotatable bonds is 30. The Morgan fingerprint density at radius 2 is 0.633 bits per heavy atom. The molecule has 0 spiro atoms. The zero-order valence-electron chi connectivity index (χ0n) is 40.6. The van der Waals surface area contributed by atoms with Crippen LogP contribution < -0.4 is 0 Å². The fourth-order valence-corrected chi connectivity index (χ4v) is 7.10. The van der Waals surface area contributed by atoms with Crippen molar-refractivity contribution in [1.82, 2.24) is 0 Å². The van der Waals surface area contributed by atoms with E-state index in [2.05, 4.69) is 137 Å². The summed E-state index contributed by atoms with van der Waals surface area (Å²) in [7, 11) is 1.42. The Morgan fingerprint density at radius 1 is 0.383 bits per heavy atom. The molecule has 0 radical (unpaired) electrons. The van der Waals surface area contributed by atoms with Crippen LogP contribution in [0.1, 0.15) is 198 Å². The zero-order valence-corrected chi connectivity index (χ0v) is 40.6. The summed E-state index contributed by atoms with van der Waals surface area (Å²) in [5, 5.41) is 0. The molecule has 0 saturated heterocycles. The van der Waals surface area contributed by atoms with Crippen LogP contribution in [0.4, 0.5) is 0 Å². The van der Waals surface area contributed by atoms with Gasteiger partial charge in [-0.15, -0.1) is 0 Å². The van der Waals surface area contributed by atoms with Crippen molar-refractivity contribution in [3.63, 3.8) is 0 Å². The van der Waals surface area contributed by atoms with Gasteiger partial charge in [-0.25, -0.2) is 0 Å². The first kappa shape index (κ1) is 54.0. The van der Waals surface area contributed by atoms with Crippen LogP contribution in [0.3, 0.4) is 0 Å². The number of hydrogen-bond acceptors (Lipinski definition) is 3. The van der Waals surface area contributed by atoms with E-state index >= 15 is 0 Å². The molecule has 1 aliphatic rings. The number of carbonyl (C=O) groups excluding carboxylic acids is 2. The van der Waals surface area contributed by atoms with Gasteiger partial charge in [0.25, 0.3) is 0 Å². The average Bonchev–Trinajstić information content (AvgIpc) is 3.17. The van der Waals surface area contributed by atoms with Gasteiger partial charge >= 0.3 is 0 Å². The number of methoxy groups -OCH3 is 1. The van der Waals surface area contributed by atoms with Crippen molar-refractivity contribution in [2.75, 3.05) is 7.11 Å². The topological polar surface area (TPSA) is 43.4 Å². The lowest BCUT2D eigenvalue weighted by Crippen LogP contribution is -2.15. The normalized spacial score (nSPS) is 15.8. The van der Waals surface area contributed by atoms with E-state index in [4.69, 9.17) is 4.74 Å². The standard InChI is InChI=1S/C57H86O3/c1-44(2)22-13-23-45(3)24-14-25-46(4)26-15-27-47(5)28-16-29-48(6)30-17-31-49(7)32-18-33-50(8)34-19-35-51(9)36-20-37-52(10)38-21-39-53(11)40-41-54-42-55(58)43-56(60-12)57(54)59/h22,24,26,28,30,32,34,36,38,40,42-43H,13-21,23,25,27,29,31,33,35,37,39,41H2,1-12H3/b45-24+,46-26+,47-28+,48-30+,49-32+,50-34+,51-36+,52-38+,53-40+. The van der Waals surface area contributed by atoms with Crippen LogP contribution in [0.5, 0.6) is 0 Å². The maximum atomic E-state index is 12.4. The van der Waals surface area contributed by atoms with E-state index in [9.17, 15) is 9.59 Å². The highest BCUT2D eigenvalue weighted by atomic mass is 16.5. The smallest absolute Gasteiger partial charge is 0.224 e. The molecule has 1 rings (SSSR count). The van der Waals surface area contributed by atoms with Gasteiger partial charge in [0.15, 0.2) is 11.5 Å². The van der Waals surface area contributed by atoms with Crippen molar-refractivity contribution in [2.45, 2.75) is 198 Å². The van der Waals surface area contributed by atoms with E-state index < -0.39 is 0 Å². The summed E-state index contributed by atoms with van der Waals surface area (Å²) in [4.78, 5) is 24.2. The fourth-order valence-electron chi connectivity index (χ4n) is 7.10. The second-order valence-corrected chi connectivity index (χ2v) is 17.9. The molecule has 60 heavy (non-hydrogen) atoms. The highest BCUT2D eigenvalue weighted by molar-refractivity contribution is 6.19. The van der Waals surface area contributed by atoms with Crippen LogP contribution in [0.25, 0.3) is 0 Å². The van der Waals surface area contributed by atoms with Gasteiger partial charge in [-0.05, 0) is 204 Å². The van der Waals surface area contributed by atoms with Gasteiger partial charge in [-0.2, -0.15) is 0 Å². The summed E-state index contributed by atoms with van der Waals surface area (Å²) in [6.45, 7) is 24.7. The minimum absolute atomic E-state index is 0.127. The second-order valence-electron chi connectivity index (χ2n) is 17.9. The molecule has 0 aliphatic heterocycles. The SMILES string of the molecule is COC1=CC(=O)C=C(C/C=C(\C)CC/C=C(\C)CC/C=C(\C)CC/C=C(\C)CC/C=C(\C)CC/C=C(\C)CC/C=C(\C)CC/C=C(\C)CC/C=C(\C)CCC=C(C)C)C1=O. The van der Waals surface area contributed by atoms with E-state index in [1.165, 1.54) is 94.3 Å². The Hall–Kier alpha value is -3.98. The highest BCUT2D eigenvalue weighted by Crippen LogP contribution is 2.21. The lowest BCUT2D eigenvalue weighted by atomic mass is 9.97. The molecule has 0 amide bonds. The Balaban J connectivity index is 2.26. The third-order valence-electron chi connectivity index (χ3n) is 11.3. The summed E-state index contributed by atoms with van der Waals surface area (Å²) < 4.78 is 5.05. The van der Waals surface area contributed by atoms with E-state index in [-0.39, 0.29) is 17.3 Å². The quantitative estimate of drug-likeness (QED) is 0.0536. The zero-order chi connectivity index (χ0) is 44.7. The molecule has 0 N–H and O–H groups in total. The third-order valence-corrected chi connectivity index (χ3v) is 11.3.